The van der Waals surface area contributed by atoms with E-state index in [9.17, 15) is 22.4 Å². The average molecular weight is 560 g/mol. The monoisotopic (exact) mass is 559 g/mol. The number of rotatable bonds is 12. The van der Waals surface area contributed by atoms with Crippen molar-refractivity contribution >= 4 is 39.1 Å². The molecule has 1 N–H and O–H groups in total. The van der Waals surface area contributed by atoms with Crippen LogP contribution in [0.4, 0.5) is 10.1 Å². The van der Waals surface area contributed by atoms with Gasteiger partial charge in [-0.2, -0.15) is 0 Å². The van der Waals surface area contributed by atoms with Gasteiger partial charge in [-0.15, -0.1) is 0 Å². The van der Waals surface area contributed by atoms with Gasteiger partial charge in [-0.25, -0.2) is 12.8 Å². The van der Waals surface area contributed by atoms with Crippen LogP contribution in [0.1, 0.15) is 24.0 Å². The van der Waals surface area contributed by atoms with Crippen LogP contribution in [0.15, 0.2) is 78.9 Å². The van der Waals surface area contributed by atoms with Crippen LogP contribution in [-0.2, 0) is 32.6 Å². The smallest absolute Gasteiger partial charge is 0.242 e. The number of hydrogen-bond acceptors (Lipinski definition) is 4. The van der Waals surface area contributed by atoms with Crippen molar-refractivity contribution in [2.75, 3.05) is 24.2 Å². The first kappa shape index (κ1) is 29.1. The Morgan fingerprint density at radius 2 is 1.58 bits per heavy atom. The van der Waals surface area contributed by atoms with Gasteiger partial charge in [0.15, 0.2) is 0 Å². The zero-order chi connectivity index (χ0) is 27.7. The maximum absolute atomic E-state index is 13.6. The largest absolute Gasteiger partial charge is 0.357 e. The molecule has 0 bridgehead atoms. The van der Waals surface area contributed by atoms with E-state index in [-0.39, 0.29) is 37.7 Å². The highest BCUT2D eigenvalue weighted by Crippen LogP contribution is 2.21. The number of nitrogens with zero attached hydrogens (tertiary/aromatic N) is 2. The third-order valence-electron chi connectivity index (χ3n) is 6.05. The first-order chi connectivity index (χ1) is 18.1. The number of amides is 2. The first-order valence-electron chi connectivity index (χ1n) is 12.1. The highest BCUT2D eigenvalue weighted by molar-refractivity contribution is 7.92. The molecule has 0 aliphatic heterocycles. The molecule has 0 spiro atoms. The molecule has 0 radical (unpaired) electrons. The van der Waals surface area contributed by atoms with Gasteiger partial charge >= 0.3 is 0 Å². The van der Waals surface area contributed by atoms with E-state index in [1.807, 2.05) is 30.3 Å². The average Bonchev–Trinajstić information content (AvgIpc) is 2.89. The molecule has 0 saturated heterocycles. The summed E-state index contributed by atoms with van der Waals surface area (Å²) in [7, 11) is -2.14. The molecule has 2 amide bonds. The number of likely N-dealkylation sites (N-methyl/N-ethyl adjacent to an activating group) is 1. The maximum Gasteiger partial charge on any atom is 0.242 e. The lowest BCUT2D eigenvalue weighted by Gasteiger charge is -2.31. The van der Waals surface area contributed by atoms with Gasteiger partial charge in [0.05, 0.1) is 11.9 Å². The molecular weight excluding hydrogens is 529 g/mol. The van der Waals surface area contributed by atoms with E-state index in [1.54, 1.807) is 24.3 Å². The molecule has 0 saturated carbocycles. The minimum atomic E-state index is -3.67. The summed E-state index contributed by atoms with van der Waals surface area (Å²) in [6, 6.07) is 20.8. The van der Waals surface area contributed by atoms with E-state index in [1.165, 1.54) is 36.2 Å². The second-order valence-corrected chi connectivity index (χ2v) is 11.2. The molecule has 3 aromatic rings. The summed E-state index contributed by atoms with van der Waals surface area (Å²) >= 11 is 6.03. The topological polar surface area (TPSA) is 86.8 Å². The third-order valence-corrected chi connectivity index (χ3v) is 7.50. The Bertz CT molecular complexity index is 1320. The molecule has 0 aliphatic carbocycles. The maximum atomic E-state index is 13.6. The second kappa shape index (κ2) is 13.4. The van der Waals surface area contributed by atoms with E-state index in [0.717, 1.165) is 21.7 Å². The fourth-order valence-corrected chi connectivity index (χ4v) is 5.21. The fraction of sp³-hybridized carbons (Fsp3) is 0.286. The lowest BCUT2D eigenvalue weighted by atomic mass is 10.0. The highest BCUT2D eigenvalue weighted by Gasteiger charge is 2.30. The van der Waals surface area contributed by atoms with E-state index >= 15 is 0 Å². The van der Waals surface area contributed by atoms with Crippen molar-refractivity contribution in [2.45, 2.75) is 31.8 Å². The summed E-state index contributed by atoms with van der Waals surface area (Å²) < 4.78 is 39.3. The van der Waals surface area contributed by atoms with E-state index < -0.39 is 21.9 Å². The molecule has 3 aromatic carbocycles. The van der Waals surface area contributed by atoms with Crippen LogP contribution in [0.2, 0.25) is 5.02 Å². The van der Waals surface area contributed by atoms with Crippen LogP contribution in [0.3, 0.4) is 0 Å². The second-order valence-electron chi connectivity index (χ2n) is 8.88. The van der Waals surface area contributed by atoms with Gasteiger partial charge in [-0.05, 0) is 53.9 Å². The summed E-state index contributed by atoms with van der Waals surface area (Å²) in [6.07, 6.45) is 1.58. The molecule has 0 heterocycles. The van der Waals surface area contributed by atoms with Gasteiger partial charge in [0.2, 0.25) is 21.8 Å². The van der Waals surface area contributed by atoms with Crippen LogP contribution < -0.4 is 9.62 Å². The van der Waals surface area contributed by atoms with Crippen molar-refractivity contribution in [3.8, 4) is 0 Å². The quantitative estimate of drug-likeness (QED) is 0.356. The predicted molar refractivity (Wildman–Crippen MR) is 148 cm³/mol. The molecule has 10 heteroatoms. The van der Waals surface area contributed by atoms with Gasteiger partial charge in [0.1, 0.15) is 11.9 Å². The lowest BCUT2D eigenvalue weighted by Crippen LogP contribution is -2.49. The van der Waals surface area contributed by atoms with Gasteiger partial charge in [0.25, 0.3) is 0 Å². The predicted octanol–water partition coefficient (Wildman–Crippen LogP) is 4.41. The Morgan fingerprint density at radius 1 is 0.947 bits per heavy atom. The van der Waals surface area contributed by atoms with Crippen molar-refractivity contribution in [1.29, 1.82) is 0 Å². The summed E-state index contributed by atoms with van der Waals surface area (Å²) in [5, 5.41) is 3.22. The SMILES string of the molecule is CNC(=O)C(Cc1ccccc1)N(Cc1ccc(Cl)cc1)C(=O)CCCN(c1ccc(F)cc1)S(C)(=O)=O. The molecule has 38 heavy (non-hydrogen) atoms. The third kappa shape index (κ3) is 8.29. The Kier molecular flexibility index (Phi) is 10.3. The van der Waals surface area contributed by atoms with E-state index in [4.69, 9.17) is 11.6 Å². The van der Waals surface area contributed by atoms with Gasteiger partial charge in [0, 0.05) is 38.0 Å². The van der Waals surface area contributed by atoms with E-state index in [0.29, 0.717) is 17.1 Å². The Hall–Kier alpha value is -3.43. The highest BCUT2D eigenvalue weighted by atomic mass is 35.5. The molecule has 7 nitrogen and oxygen atoms in total. The van der Waals surface area contributed by atoms with Gasteiger partial charge < -0.3 is 10.2 Å². The number of benzene rings is 3. The number of nitrogens with one attached hydrogen (secondary N) is 1. The zero-order valence-corrected chi connectivity index (χ0v) is 22.9. The number of carbonyl (C=O) groups excluding carboxylic acids is 2. The minimum Gasteiger partial charge on any atom is -0.357 e. The Morgan fingerprint density at radius 3 is 2.16 bits per heavy atom. The molecule has 0 aliphatic rings. The normalized spacial score (nSPS) is 12.0. The van der Waals surface area contributed by atoms with Gasteiger partial charge in [-0.1, -0.05) is 54.1 Å². The molecular formula is C28H31ClFN3O4S. The lowest BCUT2D eigenvalue weighted by molar-refractivity contribution is -0.141. The number of carbonyl (C=O) groups is 2. The Labute approximate surface area is 228 Å². The molecule has 1 atom stereocenters. The number of sulfonamides is 1. The molecule has 1 unspecified atom stereocenters. The number of hydrogen-bond donors (Lipinski definition) is 1. The van der Waals surface area contributed by atoms with Gasteiger partial charge in [-0.3, -0.25) is 13.9 Å². The fourth-order valence-electron chi connectivity index (χ4n) is 4.12. The molecule has 0 fully saturated rings. The van der Waals surface area contributed by atoms with Crippen LogP contribution in [-0.4, -0.2) is 51.0 Å². The molecule has 202 valence electrons. The van der Waals surface area contributed by atoms with Crippen LogP contribution >= 0.6 is 11.6 Å². The zero-order valence-electron chi connectivity index (χ0n) is 21.3. The van der Waals surface area contributed by atoms with E-state index in [2.05, 4.69) is 5.32 Å². The first-order valence-corrected chi connectivity index (χ1v) is 14.3. The Balaban J connectivity index is 1.83. The molecule has 0 aromatic heterocycles. The van der Waals surface area contributed by atoms with Crippen molar-refractivity contribution < 1.29 is 22.4 Å². The standard InChI is InChI=1S/C28H31ClFN3O4S/c1-31-28(35)26(19-21-7-4-3-5-8-21)32(20-22-10-12-23(29)13-11-22)27(34)9-6-18-33(38(2,36)37)25-16-14-24(30)15-17-25/h3-5,7-8,10-17,26H,6,9,18-20H2,1-2H3,(H,31,35). The summed E-state index contributed by atoms with van der Waals surface area (Å²) in [4.78, 5) is 28.1. The van der Waals surface area contributed by atoms with Crippen molar-refractivity contribution in [1.82, 2.24) is 10.2 Å². The number of halogens is 2. The van der Waals surface area contributed by atoms with Crippen molar-refractivity contribution in [3.05, 3.63) is 101 Å². The van der Waals surface area contributed by atoms with Crippen molar-refractivity contribution in [2.24, 2.45) is 0 Å². The summed E-state index contributed by atoms with van der Waals surface area (Å²) in [5.41, 5.74) is 2.01. The summed E-state index contributed by atoms with van der Waals surface area (Å²) in [5.74, 6) is -1.08. The summed E-state index contributed by atoms with van der Waals surface area (Å²) in [6.45, 7) is 0.197. The van der Waals surface area contributed by atoms with Crippen LogP contribution in [0.5, 0.6) is 0 Å². The van der Waals surface area contributed by atoms with Crippen LogP contribution in [0, 0.1) is 5.82 Å². The minimum absolute atomic E-state index is 0.00306. The number of anilines is 1. The van der Waals surface area contributed by atoms with Crippen molar-refractivity contribution in [3.63, 3.8) is 0 Å². The molecule has 3 rings (SSSR count). The van der Waals surface area contributed by atoms with Crippen LogP contribution in [0.25, 0.3) is 0 Å².